The van der Waals surface area contributed by atoms with E-state index < -0.39 is 0 Å². The third kappa shape index (κ3) is 3.00. The van der Waals surface area contributed by atoms with Crippen molar-refractivity contribution in [2.24, 2.45) is 4.99 Å². The van der Waals surface area contributed by atoms with Gasteiger partial charge in [-0.15, -0.1) is 0 Å². The van der Waals surface area contributed by atoms with E-state index in [2.05, 4.69) is 53.8 Å². The normalized spacial score (nSPS) is 22.1. The summed E-state index contributed by atoms with van der Waals surface area (Å²) in [4.78, 5) is 24.5. The molecule has 0 N–H and O–H groups in total. The lowest BCUT2D eigenvalue weighted by atomic mass is 10.0. The second kappa shape index (κ2) is 7.06. The fourth-order valence-electron chi connectivity index (χ4n) is 3.70. The molecule has 28 heavy (non-hydrogen) atoms. The number of halogens is 1. The number of aromatic nitrogens is 5. The number of hydrogen-bond donors (Lipinski definition) is 0. The van der Waals surface area contributed by atoms with Crippen LogP contribution < -0.4 is 4.90 Å². The van der Waals surface area contributed by atoms with Gasteiger partial charge in [0.1, 0.15) is 22.2 Å². The van der Waals surface area contributed by atoms with Gasteiger partial charge in [0.2, 0.25) is 0 Å². The highest BCUT2D eigenvalue weighted by molar-refractivity contribution is 9.10. The number of nitrogens with zero attached hydrogens (tertiary/aromatic N) is 7. The molecule has 0 spiro atoms. The van der Waals surface area contributed by atoms with Crippen molar-refractivity contribution < 1.29 is 4.74 Å². The summed E-state index contributed by atoms with van der Waals surface area (Å²) in [6, 6.07) is 2.09. The predicted octanol–water partition coefficient (Wildman–Crippen LogP) is 2.55. The number of hydrogen-bond acceptors (Lipinski definition) is 7. The third-order valence-electron chi connectivity index (χ3n) is 5.09. The number of anilines is 1. The van der Waals surface area contributed by atoms with E-state index in [0.29, 0.717) is 12.4 Å². The molecule has 0 bridgehead atoms. The first-order valence-corrected chi connectivity index (χ1v) is 9.90. The van der Waals surface area contributed by atoms with Crippen LogP contribution in [-0.2, 0) is 4.74 Å². The minimum atomic E-state index is -0.00348. The lowest BCUT2D eigenvalue weighted by molar-refractivity contribution is 0.0432. The number of aliphatic imine (C=N–C) groups is 1. The van der Waals surface area contributed by atoms with E-state index in [1.165, 1.54) is 0 Å². The van der Waals surface area contributed by atoms with Crippen molar-refractivity contribution >= 4 is 33.6 Å². The Bertz CT molecular complexity index is 1090. The second-order valence-electron chi connectivity index (χ2n) is 6.74. The van der Waals surface area contributed by atoms with Crippen LogP contribution in [0.1, 0.15) is 6.92 Å². The van der Waals surface area contributed by atoms with Crippen LogP contribution in [0.5, 0.6) is 0 Å². The Balaban J connectivity index is 1.50. The SMILES string of the molecule is CC1C(C2=CCN=C2)OCCN1c1ccnc(-c2cnc3cnc(Br)cn23)n1. The molecule has 5 heterocycles. The highest BCUT2D eigenvalue weighted by Crippen LogP contribution is 2.27. The summed E-state index contributed by atoms with van der Waals surface area (Å²) in [7, 11) is 0. The molecular weight excluding hydrogens is 422 g/mol. The predicted molar refractivity (Wildman–Crippen MR) is 110 cm³/mol. The monoisotopic (exact) mass is 439 g/mol. The Morgan fingerprint density at radius 3 is 3.00 bits per heavy atom. The summed E-state index contributed by atoms with van der Waals surface area (Å²) in [5.74, 6) is 1.50. The lowest BCUT2D eigenvalue weighted by Gasteiger charge is -2.40. The Morgan fingerprint density at radius 1 is 1.21 bits per heavy atom. The topological polar surface area (TPSA) is 80.8 Å². The second-order valence-corrected chi connectivity index (χ2v) is 7.56. The maximum Gasteiger partial charge on any atom is 0.180 e. The molecule has 1 saturated heterocycles. The van der Waals surface area contributed by atoms with E-state index in [1.807, 2.05) is 22.9 Å². The van der Waals surface area contributed by atoms with Crippen LogP contribution in [0.25, 0.3) is 17.2 Å². The maximum atomic E-state index is 6.03. The highest BCUT2D eigenvalue weighted by Gasteiger charge is 2.32. The van der Waals surface area contributed by atoms with Crippen LogP contribution in [0.15, 0.2) is 52.1 Å². The van der Waals surface area contributed by atoms with E-state index in [4.69, 9.17) is 9.72 Å². The van der Waals surface area contributed by atoms with Gasteiger partial charge >= 0.3 is 0 Å². The van der Waals surface area contributed by atoms with Crippen LogP contribution in [-0.4, -0.2) is 62.4 Å². The molecule has 2 aliphatic heterocycles. The number of fused-ring (bicyclic) bond motifs is 1. The van der Waals surface area contributed by atoms with Gasteiger partial charge in [-0.2, -0.15) is 0 Å². The molecule has 8 nitrogen and oxygen atoms in total. The summed E-state index contributed by atoms with van der Waals surface area (Å²) in [5, 5.41) is 0. The molecule has 5 rings (SSSR count). The van der Waals surface area contributed by atoms with E-state index >= 15 is 0 Å². The van der Waals surface area contributed by atoms with Crippen molar-refractivity contribution in [2.75, 3.05) is 24.6 Å². The summed E-state index contributed by atoms with van der Waals surface area (Å²) < 4.78 is 8.69. The summed E-state index contributed by atoms with van der Waals surface area (Å²) in [6.07, 6.45) is 11.2. The summed E-state index contributed by atoms with van der Waals surface area (Å²) in [5.41, 5.74) is 2.72. The number of ether oxygens (including phenoxy) is 1. The summed E-state index contributed by atoms with van der Waals surface area (Å²) >= 11 is 3.41. The fraction of sp³-hybridized carbons (Fsp3) is 0.316. The van der Waals surface area contributed by atoms with Crippen LogP contribution in [0.2, 0.25) is 0 Å². The van der Waals surface area contributed by atoms with Crippen LogP contribution in [0.4, 0.5) is 5.82 Å². The Labute approximate surface area is 170 Å². The Kier molecular flexibility index (Phi) is 4.40. The van der Waals surface area contributed by atoms with Gasteiger partial charge in [-0.3, -0.25) is 9.39 Å². The Morgan fingerprint density at radius 2 is 2.14 bits per heavy atom. The van der Waals surface area contributed by atoms with Crippen LogP contribution >= 0.6 is 15.9 Å². The molecule has 142 valence electrons. The van der Waals surface area contributed by atoms with Crippen molar-refractivity contribution in [3.05, 3.63) is 47.1 Å². The minimum Gasteiger partial charge on any atom is -0.369 e. The van der Waals surface area contributed by atoms with Crippen molar-refractivity contribution in [3.63, 3.8) is 0 Å². The van der Waals surface area contributed by atoms with E-state index in [0.717, 1.165) is 40.4 Å². The van der Waals surface area contributed by atoms with Gasteiger partial charge in [0.05, 0.1) is 31.6 Å². The van der Waals surface area contributed by atoms with Crippen LogP contribution in [0, 0.1) is 0 Å². The standard InChI is InChI=1S/C19H18BrN7O/c1-12-18(13-2-4-21-8-13)28-7-6-26(12)16-3-5-22-19(25-16)14-9-24-17-10-23-15(20)11-27(14)17/h2-3,5,8-12,18H,4,6-7H2,1H3. The molecule has 0 saturated carbocycles. The van der Waals surface area contributed by atoms with Crippen molar-refractivity contribution in [2.45, 2.75) is 19.1 Å². The first-order chi connectivity index (χ1) is 13.7. The average Bonchev–Trinajstić information content (AvgIpc) is 3.38. The molecule has 2 unspecified atom stereocenters. The molecule has 3 aromatic rings. The Hall–Kier alpha value is -2.65. The lowest BCUT2D eigenvalue weighted by Crippen LogP contribution is -2.51. The van der Waals surface area contributed by atoms with Gasteiger partial charge in [-0.05, 0) is 34.5 Å². The number of imidazole rings is 1. The zero-order chi connectivity index (χ0) is 19.1. The molecule has 2 atom stereocenters. The van der Waals surface area contributed by atoms with Crippen molar-refractivity contribution in [3.8, 4) is 11.5 Å². The molecule has 0 aliphatic carbocycles. The molecule has 9 heteroatoms. The average molecular weight is 440 g/mol. The van der Waals surface area contributed by atoms with E-state index in [-0.39, 0.29) is 12.1 Å². The zero-order valence-electron chi connectivity index (χ0n) is 15.2. The molecule has 0 radical (unpaired) electrons. The number of rotatable bonds is 3. The van der Waals surface area contributed by atoms with Gasteiger partial charge in [0, 0.05) is 25.2 Å². The van der Waals surface area contributed by atoms with Crippen molar-refractivity contribution in [1.29, 1.82) is 0 Å². The fourth-order valence-corrected chi connectivity index (χ4v) is 4.01. The minimum absolute atomic E-state index is 0.00348. The molecule has 0 amide bonds. The largest absolute Gasteiger partial charge is 0.369 e. The van der Waals surface area contributed by atoms with Crippen molar-refractivity contribution in [1.82, 2.24) is 24.3 Å². The molecule has 3 aromatic heterocycles. The molecule has 2 aliphatic rings. The first kappa shape index (κ1) is 17.4. The third-order valence-corrected chi connectivity index (χ3v) is 5.50. The van der Waals surface area contributed by atoms with Gasteiger partial charge < -0.3 is 9.64 Å². The van der Waals surface area contributed by atoms with Gasteiger partial charge in [-0.1, -0.05) is 6.08 Å². The zero-order valence-corrected chi connectivity index (χ0v) is 16.8. The van der Waals surface area contributed by atoms with Gasteiger partial charge in [0.25, 0.3) is 0 Å². The highest BCUT2D eigenvalue weighted by atomic mass is 79.9. The van der Waals surface area contributed by atoms with Gasteiger partial charge in [0.15, 0.2) is 11.5 Å². The summed E-state index contributed by atoms with van der Waals surface area (Å²) in [6.45, 7) is 4.32. The quantitative estimate of drug-likeness (QED) is 0.623. The number of morpholine rings is 1. The first-order valence-electron chi connectivity index (χ1n) is 9.11. The maximum absolute atomic E-state index is 6.03. The molecule has 1 fully saturated rings. The van der Waals surface area contributed by atoms with Crippen LogP contribution in [0.3, 0.4) is 0 Å². The molecule has 0 aromatic carbocycles. The molecular formula is C19H18BrN7O. The van der Waals surface area contributed by atoms with Gasteiger partial charge in [-0.25, -0.2) is 19.9 Å². The smallest absolute Gasteiger partial charge is 0.180 e. The van der Waals surface area contributed by atoms with E-state index in [1.54, 1.807) is 18.6 Å². The van der Waals surface area contributed by atoms with E-state index in [9.17, 15) is 0 Å².